The Kier molecular flexibility index (Phi) is 6.00. The summed E-state index contributed by atoms with van der Waals surface area (Å²) in [6.45, 7) is 6.29. The minimum Gasteiger partial charge on any atom is -0.478 e. The largest absolute Gasteiger partial charge is 0.478 e. The van der Waals surface area contributed by atoms with E-state index < -0.39 is 5.97 Å². The number of nitrogens with one attached hydrogen (secondary N) is 2. The molecule has 136 valence electrons. The van der Waals surface area contributed by atoms with Crippen molar-refractivity contribution in [2.75, 3.05) is 5.32 Å². The van der Waals surface area contributed by atoms with Gasteiger partial charge in [0.2, 0.25) is 0 Å². The predicted octanol–water partition coefficient (Wildman–Crippen LogP) is 4.46. The second kappa shape index (κ2) is 7.85. The lowest BCUT2D eigenvalue weighted by atomic mass is 9.87. The molecule has 0 unspecified atom stereocenters. The lowest BCUT2D eigenvalue weighted by Gasteiger charge is -2.19. The fourth-order valence-electron chi connectivity index (χ4n) is 2.23. The number of thiocarbonyl (C=S) groups is 1. The molecule has 26 heavy (non-hydrogen) atoms. The summed E-state index contributed by atoms with van der Waals surface area (Å²) in [5, 5.41) is 14.6. The molecule has 0 fully saturated rings. The Bertz CT molecular complexity index is 858. The van der Waals surface area contributed by atoms with Crippen LogP contribution in [0.5, 0.6) is 0 Å². The molecule has 0 aliphatic heterocycles. The first-order chi connectivity index (χ1) is 12.1. The van der Waals surface area contributed by atoms with Gasteiger partial charge in [-0.15, -0.1) is 0 Å². The lowest BCUT2D eigenvalue weighted by molar-refractivity contribution is 0.0697. The van der Waals surface area contributed by atoms with E-state index in [1.807, 2.05) is 12.1 Å². The molecular weight excluding hydrogens is 372 g/mol. The smallest absolute Gasteiger partial charge is 0.337 e. The van der Waals surface area contributed by atoms with Crippen LogP contribution in [0.4, 0.5) is 5.69 Å². The summed E-state index contributed by atoms with van der Waals surface area (Å²) in [4.78, 5) is 23.4. The maximum Gasteiger partial charge on any atom is 0.337 e. The second-order valence-corrected chi connectivity index (χ2v) is 7.55. The van der Waals surface area contributed by atoms with E-state index in [-0.39, 0.29) is 27.0 Å². The molecule has 0 heterocycles. The van der Waals surface area contributed by atoms with E-state index in [1.54, 1.807) is 18.2 Å². The van der Waals surface area contributed by atoms with Crippen LogP contribution in [0.25, 0.3) is 0 Å². The van der Waals surface area contributed by atoms with Gasteiger partial charge in [0.05, 0.1) is 10.6 Å². The van der Waals surface area contributed by atoms with Crippen molar-refractivity contribution >= 4 is 46.5 Å². The molecule has 0 saturated carbocycles. The molecule has 0 atom stereocenters. The van der Waals surface area contributed by atoms with Gasteiger partial charge in [-0.1, -0.05) is 44.5 Å². The van der Waals surface area contributed by atoms with Crippen LogP contribution in [0, 0.1) is 0 Å². The normalized spacial score (nSPS) is 10.9. The van der Waals surface area contributed by atoms with Gasteiger partial charge in [-0.05, 0) is 53.5 Å². The summed E-state index contributed by atoms with van der Waals surface area (Å²) in [5.41, 5.74) is 1.97. The minimum atomic E-state index is -1.15. The van der Waals surface area contributed by atoms with Crippen LogP contribution in [0.1, 0.15) is 47.1 Å². The zero-order chi connectivity index (χ0) is 19.5. The number of anilines is 1. The van der Waals surface area contributed by atoms with Gasteiger partial charge >= 0.3 is 5.97 Å². The van der Waals surface area contributed by atoms with Crippen molar-refractivity contribution in [1.82, 2.24) is 5.32 Å². The van der Waals surface area contributed by atoms with Gasteiger partial charge in [0.25, 0.3) is 5.91 Å². The number of carbonyl (C=O) groups excluding carboxylic acids is 1. The number of aromatic carboxylic acids is 1. The van der Waals surface area contributed by atoms with Gasteiger partial charge < -0.3 is 10.4 Å². The number of hydrogen-bond donors (Lipinski definition) is 3. The highest BCUT2D eigenvalue weighted by Crippen LogP contribution is 2.22. The molecule has 0 radical (unpaired) electrons. The topological polar surface area (TPSA) is 78.4 Å². The molecule has 0 spiro atoms. The lowest BCUT2D eigenvalue weighted by Crippen LogP contribution is -2.34. The molecule has 5 nitrogen and oxygen atoms in total. The minimum absolute atomic E-state index is 0.00228. The molecule has 0 aromatic heterocycles. The van der Waals surface area contributed by atoms with Crippen LogP contribution in [-0.2, 0) is 5.41 Å². The number of amides is 1. The summed E-state index contributed by atoms with van der Waals surface area (Å²) < 4.78 is 0. The Morgan fingerprint density at radius 3 is 2.23 bits per heavy atom. The fraction of sp³-hybridized carbons (Fsp3) is 0.211. The molecular formula is C19H19ClN2O3S. The highest BCUT2D eigenvalue weighted by Gasteiger charge is 2.15. The van der Waals surface area contributed by atoms with Gasteiger partial charge in [0, 0.05) is 11.3 Å². The number of carboxylic acid groups (broad SMARTS) is 1. The van der Waals surface area contributed by atoms with Gasteiger partial charge in [0.1, 0.15) is 0 Å². The molecule has 2 aromatic rings. The summed E-state index contributed by atoms with van der Waals surface area (Å²) in [6, 6.07) is 11.7. The third kappa shape index (κ3) is 5.03. The number of carboxylic acids is 1. The number of hydrogen-bond acceptors (Lipinski definition) is 3. The van der Waals surface area contributed by atoms with Crippen LogP contribution in [0.2, 0.25) is 5.02 Å². The van der Waals surface area contributed by atoms with Gasteiger partial charge in [-0.2, -0.15) is 0 Å². The summed E-state index contributed by atoms with van der Waals surface area (Å²) in [6.07, 6.45) is 0. The van der Waals surface area contributed by atoms with Crippen molar-refractivity contribution in [1.29, 1.82) is 0 Å². The maximum absolute atomic E-state index is 12.3. The quantitative estimate of drug-likeness (QED) is 0.674. The highest BCUT2D eigenvalue weighted by atomic mass is 35.5. The van der Waals surface area contributed by atoms with E-state index in [0.717, 1.165) is 5.56 Å². The third-order valence-corrected chi connectivity index (χ3v) is 4.23. The predicted molar refractivity (Wildman–Crippen MR) is 107 cm³/mol. The van der Waals surface area contributed by atoms with E-state index in [4.69, 9.17) is 28.9 Å². The molecule has 2 aromatic carbocycles. The Labute approximate surface area is 162 Å². The van der Waals surface area contributed by atoms with E-state index in [9.17, 15) is 9.59 Å². The number of benzene rings is 2. The molecule has 1 amide bonds. The Morgan fingerprint density at radius 1 is 1.08 bits per heavy atom. The molecule has 7 heteroatoms. The van der Waals surface area contributed by atoms with E-state index >= 15 is 0 Å². The molecule has 0 saturated heterocycles. The number of halogens is 1. The van der Waals surface area contributed by atoms with Crippen LogP contribution in [0.3, 0.4) is 0 Å². The van der Waals surface area contributed by atoms with Crippen LogP contribution in [-0.4, -0.2) is 22.1 Å². The van der Waals surface area contributed by atoms with Crippen molar-refractivity contribution in [2.24, 2.45) is 0 Å². The van der Waals surface area contributed by atoms with Crippen molar-refractivity contribution < 1.29 is 14.7 Å². The van der Waals surface area contributed by atoms with Crippen molar-refractivity contribution in [3.05, 3.63) is 64.2 Å². The number of rotatable bonds is 3. The van der Waals surface area contributed by atoms with Crippen LogP contribution < -0.4 is 10.6 Å². The van der Waals surface area contributed by atoms with Gasteiger partial charge in [-0.3, -0.25) is 10.1 Å². The van der Waals surface area contributed by atoms with Crippen molar-refractivity contribution in [2.45, 2.75) is 26.2 Å². The molecule has 0 aliphatic carbocycles. The first kappa shape index (κ1) is 19.9. The van der Waals surface area contributed by atoms with Crippen molar-refractivity contribution in [3.8, 4) is 0 Å². The standard InChI is InChI=1S/C19H19ClN2O3S/c1-19(2,3)12-6-4-11(5-7-12)16(23)22-18(26)21-13-8-9-15(20)14(10-13)17(24)25/h4-10H,1-3H3,(H,24,25)(H2,21,22,23,26). The van der Waals surface area contributed by atoms with E-state index in [1.165, 1.54) is 12.1 Å². The van der Waals surface area contributed by atoms with Crippen LogP contribution >= 0.6 is 23.8 Å². The Hall–Kier alpha value is -2.44. The first-order valence-electron chi connectivity index (χ1n) is 7.83. The first-order valence-corrected chi connectivity index (χ1v) is 8.62. The zero-order valence-corrected chi connectivity index (χ0v) is 16.2. The SMILES string of the molecule is CC(C)(C)c1ccc(C(=O)NC(=S)Nc2ccc(Cl)c(C(=O)O)c2)cc1. The third-order valence-electron chi connectivity index (χ3n) is 3.69. The summed E-state index contributed by atoms with van der Waals surface area (Å²) in [7, 11) is 0. The van der Waals surface area contributed by atoms with Crippen molar-refractivity contribution in [3.63, 3.8) is 0 Å². The summed E-state index contributed by atoms with van der Waals surface area (Å²) >= 11 is 10.9. The molecule has 3 N–H and O–H groups in total. The van der Waals surface area contributed by atoms with E-state index in [2.05, 4.69) is 31.4 Å². The zero-order valence-electron chi connectivity index (χ0n) is 14.6. The second-order valence-electron chi connectivity index (χ2n) is 6.74. The molecule has 0 bridgehead atoms. The molecule has 2 rings (SSSR count). The van der Waals surface area contributed by atoms with Gasteiger partial charge in [-0.25, -0.2) is 4.79 Å². The Balaban J connectivity index is 2.05. The van der Waals surface area contributed by atoms with Gasteiger partial charge in [0.15, 0.2) is 5.11 Å². The average molecular weight is 391 g/mol. The monoisotopic (exact) mass is 390 g/mol. The fourth-order valence-corrected chi connectivity index (χ4v) is 2.64. The number of carbonyl (C=O) groups is 2. The highest BCUT2D eigenvalue weighted by molar-refractivity contribution is 7.80. The molecule has 0 aliphatic rings. The Morgan fingerprint density at radius 2 is 1.69 bits per heavy atom. The summed E-state index contributed by atoms with van der Waals surface area (Å²) in [5.74, 6) is -1.50. The van der Waals surface area contributed by atoms with E-state index in [0.29, 0.717) is 11.3 Å². The average Bonchev–Trinajstić information content (AvgIpc) is 2.55. The maximum atomic E-state index is 12.3. The van der Waals surface area contributed by atoms with Crippen LogP contribution in [0.15, 0.2) is 42.5 Å².